The minimum atomic E-state index is -0.973. The van der Waals surface area contributed by atoms with Gasteiger partial charge in [0.15, 0.2) is 0 Å². The molecule has 0 aromatic heterocycles. The average molecular weight is 252 g/mol. The number of benzene rings is 1. The number of β-amino-alcohol motifs (C(OH)–C–C–N with tert-alkyl or cyclic N) is 2. The summed E-state index contributed by atoms with van der Waals surface area (Å²) in [7, 11) is 0. The van der Waals surface area contributed by atoms with Crippen molar-refractivity contribution < 1.29 is 15.3 Å². The van der Waals surface area contributed by atoms with E-state index in [9.17, 15) is 15.3 Å². The van der Waals surface area contributed by atoms with Crippen molar-refractivity contribution in [2.75, 3.05) is 13.1 Å². The van der Waals surface area contributed by atoms with E-state index in [2.05, 4.69) is 10.6 Å². The summed E-state index contributed by atoms with van der Waals surface area (Å²) in [5.41, 5.74) is 1.07. The van der Waals surface area contributed by atoms with Gasteiger partial charge in [0.2, 0.25) is 0 Å². The zero-order chi connectivity index (χ0) is 13.0. The van der Waals surface area contributed by atoms with E-state index in [1.807, 2.05) is 30.3 Å². The minimum Gasteiger partial charge on any atom is -0.390 e. The Morgan fingerprint density at radius 1 is 1.06 bits per heavy atom. The summed E-state index contributed by atoms with van der Waals surface area (Å²) in [6, 6.07) is 9.22. The van der Waals surface area contributed by atoms with Crippen LogP contribution in [0.4, 0.5) is 0 Å². The monoisotopic (exact) mass is 252 g/mol. The quantitative estimate of drug-likeness (QED) is 0.468. The van der Waals surface area contributed by atoms with Crippen LogP contribution in [0.2, 0.25) is 0 Å². The lowest BCUT2D eigenvalue weighted by atomic mass is 10.0. The number of nitrogens with one attached hydrogen (secondary N) is 2. The topological polar surface area (TPSA) is 84.8 Å². The fraction of sp³-hybridized carbons (Fsp3) is 0.538. The number of rotatable bonds is 3. The maximum atomic E-state index is 9.95. The van der Waals surface area contributed by atoms with E-state index in [0.717, 1.165) is 5.56 Å². The second-order valence-electron chi connectivity index (χ2n) is 4.68. The summed E-state index contributed by atoms with van der Waals surface area (Å²) in [5.74, 6) is 0. The Bertz CT molecular complexity index is 361. The van der Waals surface area contributed by atoms with E-state index in [4.69, 9.17) is 0 Å². The first-order valence-corrected chi connectivity index (χ1v) is 6.20. The SMILES string of the molecule is O[C@@H]1[C@@H](NCc2ccccc2)[C@@H](O)CNC[C@H]1O. The molecule has 0 spiro atoms. The maximum absolute atomic E-state index is 9.95. The first-order chi connectivity index (χ1) is 8.68. The van der Waals surface area contributed by atoms with Crippen LogP contribution < -0.4 is 10.6 Å². The van der Waals surface area contributed by atoms with Crippen molar-refractivity contribution in [1.82, 2.24) is 10.6 Å². The normalized spacial score (nSPS) is 33.1. The van der Waals surface area contributed by atoms with Crippen LogP contribution in [-0.4, -0.2) is 52.8 Å². The molecule has 1 aliphatic heterocycles. The molecule has 1 saturated heterocycles. The number of hydrogen-bond acceptors (Lipinski definition) is 5. The summed E-state index contributed by atoms with van der Waals surface area (Å²) < 4.78 is 0. The molecule has 1 aliphatic rings. The lowest BCUT2D eigenvalue weighted by molar-refractivity contribution is -0.0213. The first-order valence-electron chi connectivity index (χ1n) is 6.20. The van der Waals surface area contributed by atoms with Gasteiger partial charge in [-0.15, -0.1) is 0 Å². The zero-order valence-electron chi connectivity index (χ0n) is 10.2. The molecular formula is C13H20N2O3. The van der Waals surface area contributed by atoms with Crippen molar-refractivity contribution in [2.45, 2.75) is 30.9 Å². The fourth-order valence-corrected chi connectivity index (χ4v) is 2.18. The molecule has 4 atom stereocenters. The van der Waals surface area contributed by atoms with E-state index >= 15 is 0 Å². The number of aliphatic hydroxyl groups excluding tert-OH is 3. The molecule has 1 heterocycles. The smallest absolute Gasteiger partial charge is 0.0989 e. The predicted octanol–water partition coefficient (Wildman–Crippen LogP) is -1.17. The summed E-state index contributed by atoms with van der Waals surface area (Å²) in [6.45, 7) is 1.20. The Balaban J connectivity index is 1.97. The van der Waals surface area contributed by atoms with Crippen molar-refractivity contribution >= 4 is 0 Å². The maximum Gasteiger partial charge on any atom is 0.0989 e. The fourth-order valence-electron chi connectivity index (χ4n) is 2.18. The van der Waals surface area contributed by atoms with Gasteiger partial charge >= 0.3 is 0 Å². The van der Waals surface area contributed by atoms with Crippen LogP contribution in [0.1, 0.15) is 5.56 Å². The summed E-state index contributed by atoms with van der Waals surface area (Å²) in [4.78, 5) is 0. The van der Waals surface area contributed by atoms with Gasteiger partial charge in [0.1, 0.15) is 0 Å². The molecule has 0 saturated carbocycles. The highest BCUT2D eigenvalue weighted by molar-refractivity contribution is 5.14. The third kappa shape index (κ3) is 3.28. The van der Waals surface area contributed by atoms with E-state index < -0.39 is 24.4 Å². The standard InChI is InChI=1S/C13H20N2O3/c16-10-7-14-8-11(17)13(18)12(10)15-6-9-4-2-1-3-5-9/h1-5,10-18H,6-8H2/t10-,11+,12-,13-/m0/s1. The van der Waals surface area contributed by atoms with E-state index in [1.54, 1.807) is 0 Å². The minimum absolute atomic E-state index is 0.293. The number of hydrogen-bond donors (Lipinski definition) is 5. The van der Waals surface area contributed by atoms with Crippen molar-refractivity contribution in [1.29, 1.82) is 0 Å². The largest absolute Gasteiger partial charge is 0.390 e. The van der Waals surface area contributed by atoms with Gasteiger partial charge in [0, 0.05) is 19.6 Å². The van der Waals surface area contributed by atoms with Crippen LogP contribution in [0.25, 0.3) is 0 Å². The molecule has 0 unspecified atom stereocenters. The highest BCUT2D eigenvalue weighted by Gasteiger charge is 2.34. The molecule has 1 fully saturated rings. The van der Waals surface area contributed by atoms with Crippen LogP contribution >= 0.6 is 0 Å². The Morgan fingerprint density at radius 2 is 1.72 bits per heavy atom. The summed E-state index contributed by atoms with van der Waals surface area (Å²) >= 11 is 0. The molecule has 0 aliphatic carbocycles. The molecule has 100 valence electrons. The Kier molecular flexibility index (Phi) is 4.68. The van der Waals surface area contributed by atoms with Crippen molar-refractivity contribution in [3.05, 3.63) is 35.9 Å². The van der Waals surface area contributed by atoms with Gasteiger partial charge in [-0.1, -0.05) is 30.3 Å². The highest BCUT2D eigenvalue weighted by Crippen LogP contribution is 2.09. The predicted molar refractivity (Wildman–Crippen MR) is 68.0 cm³/mol. The van der Waals surface area contributed by atoms with Gasteiger partial charge in [0.25, 0.3) is 0 Å². The second-order valence-corrected chi connectivity index (χ2v) is 4.68. The molecule has 2 rings (SSSR count). The van der Waals surface area contributed by atoms with E-state index in [1.165, 1.54) is 0 Å². The molecule has 0 amide bonds. The van der Waals surface area contributed by atoms with Gasteiger partial charge in [-0.05, 0) is 5.56 Å². The van der Waals surface area contributed by atoms with Gasteiger partial charge in [-0.25, -0.2) is 0 Å². The Morgan fingerprint density at radius 3 is 2.44 bits per heavy atom. The summed E-state index contributed by atoms with van der Waals surface area (Å²) in [6.07, 6.45) is -2.56. The van der Waals surface area contributed by atoms with Gasteiger partial charge in [-0.2, -0.15) is 0 Å². The highest BCUT2D eigenvalue weighted by atomic mass is 16.3. The van der Waals surface area contributed by atoms with Crippen LogP contribution in [0.3, 0.4) is 0 Å². The van der Waals surface area contributed by atoms with Crippen LogP contribution in [-0.2, 0) is 6.54 Å². The van der Waals surface area contributed by atoms with Gasteiger partial charge in [-0.3, -0.25) is 0 Å². The molecule has 1 aromatic carbocycles. The van der Waals surface area contributed by atoms with Crippen molar-refractivity contribution in [3.8, 4) is 0 Å². The van der Waals surface area contributed by atoms with E-state index in [0.29, 0.717) is 19.6 Å². The van der Waals surface area contributed by atoms with Crippen LogP contribution in [0.5, 0.6) is 0 Å². The van der Waals surface area contributed by atoms with Crippen LogP contribution in [0, 0.1) is 0 Å². The Labute approximate surface area is 106 Å². The van der Waals surface area contributed by atoms with Crippen molar-refractivity contribution in [3.63, 3.8) is 0 Å². The van der Waals surface area contributed by atoms with Gasteiger partial charge in [0.05, 0.1) is 24.4 Å². The Hall–Kier alpha value is -0.980. The lowest BCUT2D eigenvalue weighted by Gasteiger charge is -2.27. The molecule has 5 nitrogen and oxygen atoms in total. The van der Waals surface area contributed by atoms with Crippen LogP contribution in [0.15, 0.2) is 30.3 Å². The van der Waals surface area contributed by atoms with E-state index in [-0.39, 0.29) is 0 Å². The first kappa shape index (κ1) is 13.5. The average Bonchev–Trinajstić information content (AvgIpc) is 2.50. The second kappa shape index (κ2) is 6.26. The molecule has 1 aromatic rings. The van der Waals surface area contributed by atoms with Gasteiger partial charge < -0.3 is 26.0 Å². The molecule has 0 radical (unpaired) electrons. The molecular weight excluding hydrogens is 232 g/mol. The lowest BCUT2D eigenvalue weighted by Crippen LogP contribution is -2.52. The molecule has 0 bridgehead atoms. The molecule has 5 N–H and O–H groups in total. The third-order valence-electron chi connectivity index (χ3n) is 3.27. The summed E-state index contributed by atoms with van der Waals surface area (Å²) in [5, 5.41) is 35.6. The molecule has 5 heteroatoms. The third-order valence-corrected chi connectivity index (χ3v) is 3.27. The van der Waals surface area contributed by atoms with Crippen molar-refractivity contribution in [2.24, 2.45) is 0 Å². The zero-order valence-corrected chi connectivity index (χ0v) is 10.2. The number of aliphatic hydroxyl groups is 3. The molecule has 18 heavy (non-hydrogen) atoms.